The summed E-state index contributed by atoms with van der Waals surface area (Å²) in [5.74, 6) is 1.74. The number of aromatic amines is 1. The number of aromatic nitrogens is 2. The Labute approximate surface area is 159 Å². The molecule has 0 saturated heterocycles. The maximum absolute atomic E-state index is 5.28. The molecular weight excluding hydrogens is 361 g/mol. The van der Waals surface area contributed by atoms with E-state index in [-0.39, 0.29) is 24.8 Å². The van der Waals surface area contributed by atoms with E-state index in [2.05, 4.69) is 21.6 Å². The number of H-pyrrole nitrogens is 1. The van der Waals surface area contributed by atoms with Gasteiger partial charge < -0.3 is 14.8 Å². The summed E-state index contributed by atoms with van der Waals surface area (Å²) in [4.78, 5) is 0. The Morgan fingerprint density at radius 3 is 2.52 bits per heavy atom. The van der Waals surface area contributed by atoms with E-state index in [0.717, 1.165) is 47.6 Å². The lowest BCUT2D eigenvalue weighted by atomic mass is 10.1. The van der Waals surface area contributed by atoms with Gasteiger partial charge in [-0.3, -0.25) is 5.10 Å². The van der Waals surface area contributed by atoms with Crippen molar-refractivity contribution < 1.29 is 9.47 Å². The first-order valence-electron chi connectivity index (χ1n) is 7.65. The maximum atomic E-state index is 5.28. The summed E-state index contributed by atoms with van der Waals surface area (Å²) in [5.41, 5.74) is 3.29. The highest BCUT2D eigenvalue weighted by atomic mass is 35.5. The van der Waals surface area contributed by atoms with Crippen molar-refractivity contribution in [2.24, 2.45) is 0 Å². The lowest BCUT2D eigenvalue weighted by molar-refractivity contribution is 0.414. The Morgan fingerprint density at radius 1 is 1.00 bits per heavy atom. The highest BCUT2D eigenvalue weighted by molar-refractivity contribution is 5.85. The second-order valence-corrected chi connectivity index (χ2v) is 5.36. The zero-order valence-corrected chi connectivity index (χ0v) is 15.9. The fourth-order valence-electron chi connectivity index (χ4n) is 2.59. The van der Waals surface area contributed by atoms with E-state index in [1.54, 1.807) is 14.2 Å². The fourth-order valence-corrected chi connectivity index (χ4v) is 2.59. The largest absolute Gasteiger partial charge is 0.497 e. The van der Waals surface area contributed by atoms with Gasteiger partial charge >= 0.3 is 0 Å². The van der Waals surface area contributed by atoms with Crippen LogP contribution in [-0.4, -0.2) is 31.0 Å². The van der Waals surface area contributed by atoms with Gasteiger partial charge in [0.25, 0.3) is 0 Å². The van der Waals surface area contributed by atoms with Gasteiger partial charge in [-0.1, -0.05) is 12.1 Å². The molecule has 0 aliphatic heterocycles. The molecule has 0 atom stereocenters. The third-order valence-corrected chi connectivity index (χ3v) is 3.85. The van der Waals surface area contributed by atoms with Crippen LogP contribution in [0.25, 0.3) is 10.9 Å². The van der Waals surface area contributed by atoms with Crippen molar-refractivity contribution in [1.29, 1.82) is 0 Å². The van der Waals surface area contributed by atoms with Gasteiger partial charge in [0.1, 0.15) is 11.5 Å². The molecule has 0 bridgehead atoms. The molecule has 0 saturated carbocycles. The number of ether oxygens (including phenoxy) is 2. The third-order valence-electron chi connectivity index (χ3n) is 3.85. The smallest absolute Gasteiger partial charge is 0.119 e. The van der Waals surface area contributed by atoms with Crippen LogP contribution in [0.2, 0.25) is 0 Å². The van der Waals surface area contributed by atoms with Gasteiger partial charge in [0.2, 0.25) is 0 Å². The van der Waals surface area contributed by atoms with E-state index in [1.807, 2.05) is 36.4 Å². The van der Waals surface area contributed by atoms with Gasteiger partial charge in [0.05, 0.1) is 25.4 Å². The molecule has 0 radical (unpaired) electrons. The molecule has 25 heavy (non-hydrogen) atoms. The molecular formula is C18H23Cl2N3O2. The number of hydrogen-bond donors (Lipinski definition) is 2. The van der Waals surface area contributed by atoms with Crippen molar-refractivity contribution in [3.8, 4) is 11.5 Å². The van der Waals surface area contributed by atoms with E-state index in [4.69, 9.17) is 9.47 Å². The van der Waals surface area contributed by atoms with Crippen molar-refractivity contribution in [2.45, 2.75) is 13.0 Å². The van der Waals surface area contributed by atoms with Crippen LogP contribution in [0, 0.1) is 0 Å². The van der Waals surface area contributed by atoms with Gasteiger partial charge in [-0.15, -0.1) is 24.8 Å². The lowest BCUT2D eigenvalue weighted by Gasteiger charge is -2.06. The number of benzene rings is 2. The number of rotatable bonds is 7. The molecule has 0 spiro atoms. The number of fused-ring (bicyclic) bond motifs is 1. The van der Waals surface area contributed by atoms with Gasteiger partial charge in [-0.25, -0.2) is 0 Å². The van der Waals surface area contributed by atoms with Crippen LogP contribution in [0.3, 0.4) is 0 Å². The van der Waals surface area contributed by atoms with Crippen LogP contribution in [0.1, 0.15) is 11.3 Å². The Morgan fingerprint density at radius 2 is 1.76 bits per heavy atom. The molecule has 0 aliphatic carbocycles. The first-order chi connectivity index (χ1) is 11.3. The number of nitrogens with zero attached hydrogens (tertiary/aromatic N) is 1. The minimum absolute atomic E-state index is 0. The molecule has 136 valence electrons. The number of nitrogens with one attached hydrogen (secondary N) is 2. The minimum Gasteiger partial charge on any atom is -0.497 e. The van der Waals surface area contributed by atoms with E-state index in [0.29, 0.717) is 0 Å². The van der Waals surface area contributed by atoms with Crippen LogP contribution < -0.4 is 14.8 Å². The molecule has 7 heteroatoms. The number of hydrogen-bond acceptors (Lipinski definition) is 4. The first-order valence-corrected chi connectivity index (χ1v) is 7.65. The Balaban J connectivity index is 0.00000156. The van der Waals surface area contributed by atoms with Gasteiger partial charge in [0, 0.05) is 24.9 Å². The summed E-state index contributed by atoms with van der Waals surface area (Å²) >= 11 is 0. The van der Waals surface area contributed by atoms with Gasteiger partial charge in [-0.05, 0) is 35.9 Å². The molecule has 0 unspecified atom stereocenters. The summed E-state index contributed by atoms with van der Waals surface area (Å²) in [6.07, 6.45) is 0.858. The van der Waals surface area contributed by atoms with Crippen molar-refractivity contribution in [2.75, 3.05) is 20.8 Å². The van der Waals surface area contributed by atoms with Crippen LogP contribution in [0.5, 0.6) is 11.5 Å². The molecule has 3 aromatic rings. The van der Waals surface area contributed by atoms with E-state index in [9.17, 15) is 0 Å². The SMILES string of the molecule is COc1cccc(CNCCc2n[nH]c3ccc(OC)cc23)c1.Cl.Cl. The molecule has 0 fully saturated rings. The zero-order chi connectivity index (χ0) is 16.1. The molecule has 1 aromatic heterocycles. The van der Waals surface area contributed by atoms with Gasteiger partial charge in [0.15, 0.2) is 0 Å². The van der Waals surface area contributed by atoms with Crippen molar-refractivity contribution >= 4 is 35.7 Å². The lowest BCUT2D eigenvalue weighted by Crippen LogP contribution is -2.16. The van der Waals surface area contributed by atoms with E-state index in [1.165, 1.54) is 5.56 Å². The Bertz CT molecular complexity index is 793. The van der Waals surface area contributed by atoms with Crippen LogP contribution in [0.15, 0.2) is 42.5 Å². The van der Waals surface area contributed by atoms with Crippen molar-refractivity contribution in [3.63, 3.8) is 0 Å². The first kappa shape index (κ1) is 21.1. The Hall–Kier alpha value is -1.95. The predicted octanol–water partition coefficient (Wildman–Crippen LogP) is 3.76. The summed E-state index contributed by atoms with van der Waals surface area (Å²) < 4.78 is 10.5. The molecule has 2 N–H and O–H groups in total. The number of halogens is 2. The summed E-state index contributed by atoms with van der Waals surface area (Å²) in [6.45, 7) is 1.66. The average molecular weight is 384 g/mol. The molecule has 2 aromatic carbocycles. The molecule has 0 aliphatic rings. The monoisotopic (exact) mass is 383 g/mol. The average Bonchev–Trinajstić information content (AvgIpc) is 3.01. The highest BCUT2D eigenvalue weighted by Crippen LogP contribution is 2.22. The van der Waals surface area contributed by atoms with Crippen LogP contribution in [0.4, 0.5) is 0 Å². The number of methoxy groups -OCH3 is 2. The predicted molar refractivity (Wildman–Crippen MR) is 106 cm³/mol. The second kappa shape index (κ2) is 10.1. The summed E-state index contributed by atoms with van der Waals surface area (Å²) in [7, 11) is 3.36. The quantitative estimate of drug-likeness (QED) is 0.609. The highest BCUT2D eigenvalue weighted by Gasteiger charge is 2.06. The minimum atomic E-state index is 0. The van der Waals surface area contributed by atoms with E-state index >= 15 is 0 Å². The fraction of sp³-hybridized carbons (Fsp3) is 0.278. The van der Waals surface area contributed by atoms with Crippen molar-refractivity contribution in [1.82, 2.24) is 15.5 Å². The molecule has 1 heterocycles. The Kier molecular flexibility index (Phi) is 8.55. The maximum Gasteiger partial charge on any atom is 0.119 e. The van der Waals surface area contributed by atoms with Crippen molar-refractivity contribution in [3.05, 3.63) is 53.7 Å². The zero-order valence-electron chi connectivity index (χ0n) is 14.2. The second-order valence-electron chi connectivity index (χ2n) is 5.36. The summed E-state index contributed by atoms with van der Waals surface area (Å²) in [5, 5.41) is 12.0. The van der Waals surface area contributed by atoms with Crippen LogP contribution in [-0.2, 0) is 13.0 Å². The normalized spacial score (nSPS) is 10.0. The topological polar surface area (TPSA) is 59.2 Å². The van der Waals surface area contributed by atoms with Gasteiger partial charge in [-0.2, -0.15) is 5.10 Å². The molecule has 0 amide bonds. The standard InChI is InChI=1S/C18H21N3O2.2ClH/c1-22-14-5-3-4-13(10-14)12-19-9-8-18-16-11-15(23-2)6-7-17(16)20-21-18;;/h3-7,10-11,19H,8-9,12H2,1-2H3,(H,20,21);2*1H. The third kappa shape index (κ3) is 5.26. The summed E-state index contributed by atoms with van der Waals surface area (Å²) in [6, 6.07) is 14.0. The van der Waals surface area contributed by atoms with Crippen LogP contribution >= 0.6 is 24.8 Å². The molecule has 5 nitrogen and oxygen atoms in total. The van der Waals surface area contributed by atoms with E-state index < -0.39 is 0 Å². The molecule has 3 rings (SSSR count).